The number of aryl methyl sites for hydroxylation is 1. The molecule has 2 nitrogen and oxygen atoms in total. The number of ether oxygens (including phenoxy) is 1. The maximum absolute atomic E-state index is 5.43. The molecule has 0 saturated carbocycles. The molecule has 3 heteroatoms. The fourth-order valence-electron chi connectivity index (χ4n) is 2.64. The molecule has 0 amide bonds. The zero-order valence-electron chi connectivity index (χ0n) is 9.79. The third-order valence-corrected chi connectivity index (χ3v) is 3.92. The molecule has 1 heterocycles. The lowest BCUT2D eigenvalue weighted by molar-refractivity contribution is 0.391. The Bertz CT molecular complexity index is 580. The SMILES string of the molecule is COc1nc2cc(Br)ccc2c2c1CCCC2. The molecule has 0 spiro atoms. The Hall–Kier alpha value is -1.09. The van der Waals surface area contributed by atoms with Gasteiger partial charge >= 0.3 is 0 Å². The zero-order valence-corrected chi connectivity index (χ0v) is 11.4. The molecule has 0 bridgehead atoms. The van der Waals surface area contributed by atoms with Gasteiger partial charge in [-0.1, -0.05) is 22.0 Å². The number of pyridine rings is 1. The van der Waals surface area contributed by atoms with Gasteiger partial charge in [0.05, 0.1) is 12.6 Å². The van der Waals surface area contributed by atoms with Crippen molar-refractivity contribution in [2.24, 2.45) is 0 Å². The Morgan fingerprint density at radius 2 is 1.94 bits per heavy atom. The van der Waals surface area contributed by atoms with Crippen molar-refractivity contribution in [3.63, 3.8) is 0 Å². The first-order valence-corrected chi connectivity index (χ1v) is 6.74. The van der Waals surface area contributed by atoms with E-state index in [0.29, 0.717) is 0 Å². The highest BCUT2D eigenvalue weighted by Crippen LogP contribution is 2.34. The second-order valence-corrected chi connectivity index (χ2v) is 5.36. The first kappa shape index (κ1) is 11.0. The van der Waals surface area contributed by atoms with Crippen LogP contribution in [0.5, 0.6) is 5.88 Å². The average molecular weight is 292 g/mol. The van der Waals surface area contributed by atoms with Gasteiger partial charge in [-0.05, 0) is 43.4 Å². The number of rotatable bonds is 1. The maximum Gasteiger partial charge on any atom is 0.217 e. The number of benzene rings is 1. The van der Waals surface area contributed by atoms with Crippen molar-refractivity contribution >= 4 is 26.8 Å². The molecule has 0 fully saturated rings. The van der Waals surface area contributed by atoms with Crippen LogP contribution >= 0.6 is 15.9 Å². The predicted octanol–water partition coefficient (Wildman–Crippen LogP) is 3.88. The molecule has 17 heavy (non-hydrogen) atoms. The van der Waals surface area contributed by atoms with Crippen LogP contribution in [0, 0.1) is 0 Å². The van der Waals surface area contributed by atoms with Crippen LogP contribution in [0.1, 0.15) is 24.0 Å². The number of methoxy groups -OCH3 is 1. The largest absolute Gasteiger partial charge is 0.481 e. The van der Waals surface area contributed by atoms with Crippen LogP contribution in [0.4, 0.5) is 0 Å². The fourth-order valence-corrected chi connectivity index (χ4v) is 2.99. The van der Waals surface area contributed by atoms with Crippen molar-refractivity contribution in [3.8, 4) is 5.88 Å². The van der Waals surface area contributed by atoms with E-state index in [1.165, 1.54) is 29.4 Å². The van der Waals surface area contributed by atoms with Crippen LogP contribution in [-0.4, -0.2) is 12.1 Å². The lowest BCUT2D eigenvalue weighted by atomic mass is 9.90. The summed E-state index contributed by atoms with van der Waals surface area (Å²) in [6.07, 6.45) is 4.75. The summed E-state index contributed by atoms with van der Waals surface area (Å²) in [5.41, 5.74) is 3.77. The number of halogens is 1. The standard InChI is InChI=1S/C14H14BrNO/c1-17-14-12-5-3-2-4-10(12)11-7-6-9(15)8-13(11)16-14/h6-8H,2-5H2,1H3. The molecule has 3 rings (SSSR count). The van der Waals surface area contributed by atoms with E-state index in [9.17, 15) is 0 Å². The highest BCUT2D eigenvalue weighted by molar-refractivity contribution is 9.10. The van der Waals surface area contributed by atoms with Gasteiger partial charge in [0, 0.05) is 15.4 Å². The molecule has 0 N–H and O–H groups in total. The van der Waals surface area contributed by atoms with Crippen molar-refractivity contribution in [2.75, 3.05) is 7.11 Å². The van der Waals surface area contributed by atoms with Gasteiger partial charge in [-0.2, -0.15) is 0 Å². The van der Waals surface area contributed by atoms with Crippen molar-refractivity contribution in [3.05, 3.63) is 33.8 Å². The molecule has 2 aromatic rings. The summed E-state index contributed by atoms with van der Waals surface area (Å²) in [6, 6.07) is 6.31. The van der Waals surface area contributed by atoms with Crippen LogP contribution < -0.4 is 4.74 Å². The minimum atomic E-state index is 0.810. The van der Waals surface area contributed by atoms with Crippen LogP contribution in [0.3, 0.4) is 0 Å². The summed E-state index contributed by atoms with van der Waals surface area (Å²) < 4.78 is 6.50. The summed E-state index contributed by atoms with van der Waals surface area (Å²) in [4.78, 5) is 4.62. The van der Waals surface area contributed by atoms with E-state index in [-0.39, 0.29) is 0 Å². The van der Waals surface area contributed by atoms with Crippen LogP contribution in [-0.2, 0) is 12.8 Å². The molecular formula is C14H14BrNO. The molecule has 1 aliphatic carbocycles. The summed E-state index contributed by atoms with van der Waals surface area (Å²) in [5, 5.41) is 1.28. The lowest BCUT2D eigenvalue weighted by Crippen LogP contribution is -2.07. The summed E-state index contributed by atoms with van der Waals surface area (Å²) in [7, 11) is 1.71. The number of hydrogen-bond acceptors (Lipinski definition) is 2. The number of fused-ring (bicyclic) bond motifs is 3. The predicted molar refractivity (Wildman–Crippen MR) is 72.6 cm³/mol. The Kier molecular flexibility index (Phi) is 2.79. The number of nitrogens with zero attached hydrogens (tertiary/aromatic N) is 1. The molecule has 0 atom stereocenters. The van der Waals surface area contributed by atoms with Crippen molar-refractivity contribution in [1.29, 1.82) is 0 Å². The van der Waals surface area contributed by atoms with E-state index in [2.05, 4.69) is 39.1 Å². The van der Waals surface area contributed by atoms with Crippen LogP contribution in [0.25, 0.3) is 10.9 Å². The third kappa shape index (κ3) is 1.82. The quantitative estimate of drug-likeness (QED) is 0.795. The summed E-state index contributed by atoms with van der Waals surface area (Å²) >= 11 is 3.49. The minimum Gasteiger partial charge on any atom is -0.481 e. The van der Waals surface area contributed by atoms with Gasteiger partial charge in [0.2, 0.25) is 5.88 Å². The molecule has 0 unspecified atom stereocenters. The molecule has 1 aliphatic rings. The van der Waals surface area contributed by atoms with E-state index >= 15 is 0 Å². The van der Waals surface area contributed by atoms with Crippen molar-refractivity contribution < 1.29 is 4.74 Å². The van der Waals surface area contributed by atoms with Gasteiger partial charge in [0.1, 0.15) is 0 Å². The second kappa shape index (κ2) is 4.30. The van der Waals surface area contributed by atoms with Crippen molar-refractivity contribution in [2.45, 2.75) is 25.7 Å². The first-order chi connectivity index (χ1) is 8.29. The Labute approximate surface area is 109 Å². The smallest absolute Gasteiger partial charge is 0.217 e. The normalized spacial score (nSPS) is 14.7. The van der Waals surface area contributed by atoms with Crippen LogP contribution in [0.15, 0.2) is 22.7 Å². The third-order valence-electron chi connectivity index (χ3n) is 3.43. The van der Waals surface area contributed by atoms with E-state index < -0.39 is 0 Å². The van der Waals surface area contributed by atoms with Gasteiger partial charge in [-0.25, -0.2) is 4.98 Å². The number of hydrogen-bond donors (Lipinski definition) is 0. The first-order valence-electron chi connectivity index (χ1n) is 5.94. The molecule has 1 aromatic heterocycles. The van der Waals surface area contributed by atoms with E-state index in [1.807, 2.05) is 0 Å². The van der Waals surface area contributed by atoms with E-state index in [1.54, 1.807) is 7.11 Å². The molecule has 0 aliphatic heterocycles. The van der Waals surface area contributed by atoms with Gasteiger partial charge in [0.15, 0.2) is 0 Å². The molecule has 1 aromatic carbocycles. The minimum absolute atomic E-state index is 0.810. The highest BCUT2D eigenvalue weighted by Gasteiger charge is 2.18. The van der Waals surface area contributed by atoms with Gasteiger partial charge < -0.3 is 4.74 Å². The Morgan fingerprint density at radius 3 is 2.71 bits per heavy atom. The molecule has 88 valence electrons. The topological polar surface area (TPSA) is 22.1 Å². The van der Waals surface area contributed by atoms with E-state index in [0.717, 1.165) is 28.7 Å². The lowest BCUT2D eigenvalue weighted by Gasteiger charge is -2.20. The average Bonchev–Trinajstić information content (AvgIpc) is 2.37. The van der Waals surface area contributed by atoms with Gasteiger partial charge in [-0.15, -0.1) is 0 Å². The summed E-state index contributed by atoms with van der Waals surface area (Å²) in [5.74, 6) is 0.810. The maximum atomic E-state index is 5.43. The number of aromatic nitrogens is 1. The van der Waals surface area contributed by atoms with Crippen LogP contribution in [0.2, 0.25) is 0 Å². The van der Waals surface area contributed by atoms with Gasteiger partial charge in [-0.3, -0.25) is 0 Å². The zero-order chi connectivity index (χ0) is 11.8. The Morgan fingerprint density at radius 1 is 1.18 bits per heavy atom. The second-order valence-electron chi connectivity index (χ2n) is 4.45. The molecule has 0 saturated heterocycles. The monoisotopic (exact) mass is 291 g/mol. The fraction of sp³-hybridized carbons (Fsp3) is 0.357. The molecule has 0 radical (unpaired) electrons. The van der Waals surface area contributed by atoms with Crippen molar-refractivity contribution in [1.82, 2.24) is 4.98 Å². The molecular weight excluding hydrogens is 278 g/mol. The van der Waals surface area contributed by atoms with E-state index in [4.69, 9.17) is 4.74 Å². The Balaban J connectivity index is 2.35. The van der Waals surface area contributed by atoms with Gasteiger partial charge in [0.25, 0.3) is 0 Å². The highest BCUT2D eigenvalue weighted by atomic mass is 79.9. The summed E-state index contributed by atoms with van der Waals surface area (Å²) in [6.45, 7) is 0.